The number of nitrogens with one attached hydrogen (secondary N) is 1. The van der Waals surface area contributed by atoms with Gasteiger partial charge in [0.25, 0.3) is 5.91 Å². The molecule has 0 spiro atoms. The molecule has 6 heteroatoms. The maximum atomic E-state index is 12.3. The Morgan fingerprint density at radius 1 is 1.13 bits per heavy atom. The number of aryl methyl sites for hydroxylation is 1. The summed E-state index contributed by atoms with van der Waals surface area (Å²) in [5.41, 5.74) is 1.39. The first-order valence-electron chi connectivity index (χ1n) is 7.55. The zero-order valence-corrected chi connectivity index (χ0v) is 14.1. The zero-order valence-electron chi connectivity index (χ0n) is 14.1. The van der Waals surface area contributed by atoms with Gasteiger partial charge in [0, 0.05) is 31.9 Å². The average molecular weight is 313 g/mol. The van der Waals surface area contributed by atoms with Crippen molar-refractivity contribution in [1.82, 2.24) is 20.2 Å². The molecule has 1 amide bonds. The lowest BCUT2D eigenvalue weighted by Crippen LogP contribution is -2.32. The predicted molar refractivity (Wildman–Crippen MR) is 92.2 cm³/mol. The minimum absolute atomic E-state index is 0.180. The van der Waals surface area contributed by atoms with Gasteiger partial charge in [-0.1, -0.05) is 18.2 Å². The van der Waals surface area contributed by atoms with Crippen LogP contribution in [0.25, 0.3) is 0 Å². The van der Waals surface area contributed by atoms with Gasteiger partial charge < -0.3 is 15.1 Å². The summed E-state index contributed by atoms with van der Waals surface area (Å²) in [6.07, 6.45) is 0. The fraction of sp³-hybridized carbons (Fsp3) is 0.353. The summed E-state index contributed by atoms with van der Waals surface area (Å²) in [6.45, 7) is 3.16. The van der Waals surface area contributed by atoms with Gasteiger partial charge in [-0.05, 0) is 33.2 Å². The number of carbonyl (C=O) groups is 1. The van der Waals surface area contributed by atoms with Gasteiger partial charge in [0.2, 0.25) is 0 Å². The Kier molecular flexibility index (Phi) is 5.65. The number of likely N-dealkylation sites (N-methyl/N-ethyl adjacent to an activating group) is 1. The van der Waals surface area contributed by atoms with Crippen molar-refractivity contribution in [1.29, 1.82) is 0 Å². The zero-order chi connectivity index (χ0) is 16.8. The van der Waals surface area contributed by atoms with Gasteiger partial charge in [-0.3, -0.25) is 4.79 Å². The second-order valence-corrected chi connectivity index (χ2v) is 5.61. The highest BCUT2D eigenvalue weighted by atomic mass is 16.1. The number of nitrogens with zero attached hydrogens (tertiary/aromatic N) is 4. The highest BCUT2D eigenvalue weighted by Gasteiger charge is 2.13. The molecular weight excluding hydrogens is 290 g/mol. The molecule has 0 aliphatic rings. The van der Waals surface area contributed by atoms with Crippen LogP contribution in [0.1, 0.15) is 16.3 Å². The van der Waals surface area contributed by atoms with Crippen molar-refractivity contribution in [2.75, 3.05) is 39.1 Å². The third-order valence-corrected chi connectivity index (χ3v) is 3.39. The van der Waals surface area contributed by atoms with E-state index >= 15 is 0 Å². The van der Waals surface area contributed by atoms with Crippen LogP contribution in [0.2, 0.25) is 0 Å². The largest absolute Gasteiger partial charge is 0.349 e. The molecule has 2 rings (SSSR count). The minimum Gasteiger partial charge on any atom is -0.349 e. The van der Waals surface area contributed by atoms with E-state index in [0.29, 0.717) is 23.9 Å². The van der Waals surface area contributed by atoms with E-state index in [4.69, 9.17) is 0 Å². The molecule has 0 saturated heterocycles. The van der Waals surface area contributed by atoms with Crippen LogP contribution in [-0.4, -0.2) is 55.0 Å². The molecule has 6 nitrogen and oxygen atoms in total. The molecule has 0 radical (unpaired) electrons. The summed E-state index contributed by atoms with van der Waals surface area (Å²) < 4.78 is 0. The molecule has 23 heavy (non-hydrogen) atoms. The standard InChI is InChI=1S/C17H23N5O/c1-13-19-15(17(23)18-10-11-21(2)3)12-16(20-13)22(4)14-8-6-5-7-9-14/h5-9,12H,10-11H2,1-4H3,(H,18,23). The lowest BCUT2D eigenvalue weighted by atomic mass is 10.3. The van der Waals surface area contributed by atoms with E-state index < -0.39 is 0 Å². The predicted octanol–water partition coefficient (Wildman–Crippen LogP) is 1.84. The highest BCUT2D eigenvalue weighted by molar-refractivity contribution is 5.93. The Hall–Kier alpha value is -2.47. The minimum atomic E-state index is -0.180. The Balaban J connectivity index is 2.17. The molecular formula is C17H23N5O. The fourth-order valence-electron chi connectivity index (χ4n) is 2.11. The number of rotatable bonds is 6. The first-order chi connectivity index (χ1) is 11.0. The smallest absolute Gasteiger partial charge is 0.270 e. The molecule has 1 aromatic carbocycles. The quantitative estimate of drug-likeness (QED) is 0.882. The third-order valence-electron chi connectivity index (χ3n) is 3.39. The van der Waals surface area contributed by atoms with Crippen molar-refractivity contribution >= 4 is 17.4 Å². The molecule has 0 atom stereocenters. The maximum absolute atomic E-state index is 12.3. The maximum Gasteiger partial charge on any atom is 0.270 e. The highest BCUT2D eigenvalue weighted by Crippen LogP contribution is 2.21. The molecule has 0 unspecified atom stereocenters. The van der Waals surface area contributed by atoms with E-state index in [1.807, 2.05) is 61.3 Å². The Morgan fingerprint density at radius 2 is 1.83 bits per heavy atom. The number of hydrogen-bond donors (Lipinski definition) is 1. The van der Waals surface area contributed by atoms with Crippen molar-refractivity contribution in [2.45, 2.75) is 6.92 Å². The van der Waals surface area contributed by atoms with Gasteiger partial charge >= 0.3 is 0 Å². The monoisotopic (exact) mass is 313 g/mol. The van der Waals surface area contributed by atoms with Crippen LogP contribution in [0.15, 0.2) is 36.4 Å². The van der Waals surface area contributed by atoms with E-state index in [1.165, 1.54) is 0 Å². The molecule has 1 aromatic heterocycles. The van der Waals surface area contributed by atoms with E-state index in [-0.39, 0.29) is 5.91 Å². The molecule has 0 fully saturated rings. The van der Waals surface area contributed by atoms with Gasteiger partial charge in [0.05, 0.1) is 0 Å². The summed E-state index contributed by atoms with van der Waals surface area (Å²) >= 11 is 0. The van der Waals surface area contributed by atoms with Crippen molar-refractivity contribution in [3.8, 4) is 0 Å². The topological polar surface area (TPSA) is 61.4 Å². The van der Waals surface area contributed by atoms with Gasteiger partial charge in [-0.2, -0.15) is 0 Å². The summed E-state index contributed by atoms with van der Waals surface area (Å²) in [7, 11) is 5.85. The first-order valence-corrected chi connectivity index (χ1v) is 7.55. The number of hydrogen-bond acceptors (Lipinski definition) is 5. The lowest BCUT2D eigenvalue weighted by Gasteiger charge is -2.19. The average Bonchev–Trinajstić information content (AvgIpc) is 2.54. The summed E-state index contributed by atoms with van der Waals surface area (Å²) in [5, 5.41) is 2.87. The first kappa shape index (κ1) is 16.9. The third kappa shape index (κ3) is 4.75. The van der Waals surface area contributed by atoms with Crippen molar-refractivity contribution in [3.63, 3.8) is 0 Å². The molecule has 0 aliphatic carbocycles. The number of para-hydroxylation sites is 1. The van der Waals surface area contributed by atoms with Crippen LogP contribution in [0, 0.1) is 6.92 Å². The van der Waals surface area contributed by atoms with Crippen molar-refractivity contribution in [2.24, 2.45) is 0 Å². The van der Waals surface area contributed by atoms with Gasteiger partial charge in [-0.25, -0.2) is 9.97 Å². The molecule has 2 aromatic rings. The second-order valence-electron chi connectivity index (χ2n) is 5.61. The molecule has 0 saturated carbocycles. The summed E-state index contributed by atoms with van der Waals surface area (Å²) in [5.74, 6) is 1.09. The van der Waals surface area contributed by atoms with E-state index in [0.717, 1.165) is 12.2 Å². The molecule has 1 N–H and O–H groups in total. The normalized spacial score (nSPS) is 10.7. The molecule has 0 bridgehead atoms. The summed E-state index contributed by atoms with van der Waals surface area (Å²) in [6, 6.07) is 11.6. The molecule has 0 aliphatic heterocycles. The van der Waals surface area contributed by atoms with Crippen LogP contribution in [-0.2, 0) is 0 Å². The van der Waals surface area contributed by atoms with Crippen LogP contribution < -0.4 is 10.2 Å². The van der Waals surface area contributed by atoms with Crippen molar-refractivity contribution in [3.05, 3.63) is 47.9 Å². The Morgan fingerprint density at radius 3 is 2.48 bits per heavy atom. The van der Waals surface area contributed by atoms with Crippen molar-refractivity contribution < 1.29 is 4.79 Å². The van der Waals surface area contributed by atoms with Crippen LogP contribution in [0.3, 0.4) is 0 Å². The summed E-state index contributed by atoms with van der Waals surface area (Å²) in [4.78, 5) is 24.9. The molecule has 122 valence electrons. The fourth-order valence-corrected chi connectivity index (χ4v) is 2.11. The van der Waals surface area contributed by atoms with Crippen LogP contribution in [0.4, 0.5) is 11.5 Å². The lowest BCUT2D eigenvalue weighted by molar-refractivity contribution is 0.0945. The van der Waals surface area contributed by atoms with E-state index in [1.54, 1.807) is 13.0 Å². The van der Waals surface area contributed by atoms with Crippen LogP contribution >= 0.6 is 0 Å². The second kappa shape index (κ2) is 7.69. The molecule has 1 heterocycles. The number of carbonyl (C=O) groups excluding carboxylic acids is 1. The van der Waals surface area contributed by atoms with Crippen LogP contribution in [0.5, 0.6) is 0 Å². The van der Waals surface area contributed by atoms with Gasteiger partial charge in [-0.15, -0.1) is 0 Å². The Labute approximate surface area is 137 Å². The number of aromatic nitrogens is 2. The Bertz CT molecular complexity index is 657. The number of anilines is 2. The van der Waals surface area contributed by atoms with E-state index in [2.05, 4.69) is 15.3 Å². The van der Waals surface area contributed by atoms with Gasteiger partial charge in [0.1, 0.15) is 17.3 Å². The van der Waals surface area contributed by atoms with Gasteiger partial charge in [0.15, 0.2) is 0 Å². The van der Waals surface area contributed by atoms with E-state index in [9.17, 15) is 4.79 Å². The number of amides is 1. The number of benzene rings is 1. The SMILES string of the molecule is Cc1nc(C(=O)NCCN(C)C)cc(N(C)c2ccccc2)n1.